The highest BCUT2D eigenvalue weighted by Crippen LogP contribution is 2.26. The first-order chi connectivity index (χ1) is 13.7. The molecule has 29 heavy (non-hydrogen) atoms. The summed E-state index contributed by atoms with van der Waals surface area (Å²) in [6, 6.07) is 10.4. The molecule has 3 aromatic rings. The number of aryl methyl sites for hydroxylation is 1. The molecule has 0 saturated carbocycles. The van der Waals surface area contributed by atoms with Crippen LogP contribution in [0.25, 0.3) is 11.3 Å². The molecule has 0 aliphatic carbocycles. The highest BCUT2D eigenvalue weighted by molar-refractivity contribution is 6.00. The van der Waals surface area contributed by atoms with Crippen LogP contribution in [0.4, 0.5) is 8.78 Å². The second-order valence-corrected chi connectivity index (χ2v) is 7.12. The van der Waals surface area contributed by atoms with Gasteiger partial charge in [0.25, 0.3) is 5.91 Å². The number of aromatic nitrogens is 2. The molecule has 1 aromatic heterocycles. The van der Waals surface area contributed by atoms with Crippen LogP contribution in [0.1, 0.15) is 42.7 Å². The van der Waals surface area contributed by atoms with Crippen LogP contribution >= 0.6 is 0 Å². The number of nitrogens with zero attached hydrogens (tertiary/aromatic N) is 2. The topological polar surface area (TPSA) is 56.1 Å². The lowest BCUT2D eigenvalue weighted by Gasteiger charge is -2.16. The Bertz CT molecular complexity index is 1010. The molecule has 1 atom stereocenters. The zero-order chi connectivity index (χ0) is 21.1. The summed E-state index contributed by atoms with van der Waals surface area (Å²) in [4.78, 5) is 12.8. The number of carbonyl (C=O) groups excluding carboxylic acids is 1. The summed E-state index contributed by atoms with van der Waals surface area (Å²) < 4.78 is 34.5. The second-order valence-electron chi connectivity index (χ2n) is 7.12. The Balaban J connectivity index is 1.80. The third-order valence-electron chi connectivity index (χ3n) is 4.36. The molecule has 0 bridgehead atoms. The third-order valence-corrected chi connectivity index (χ3v) is 4.36. The Kier molecular flexibility index (Phi) is 5.96. The van der Waals surface area contributed by atoms with Crippen molar-refractivity contribution < 1.29 is 18.3 Å². The molecule has 1 unspecified atom stereocenters. The van der Waals surface area contributed by atoms with Gasteiger partial charge in [0.05, 0.1) is 17.7 Å². The first kappa shape index (κ1) is 20.5. The molecule has 1 amide bonds. The number of ether oxygens (including phenoxy) is 1. The highest BCUT2D eigenvalue weighted by atomic mass is 19.1. The highest BCUT2D eigenvalue weighted by Gasteiger charge is 2.21. The van der Waals surface area contributed by atoms with Crippen molar-refractivity contribution in [2.75, 3.05) is 0 Å². The van der Waals surface area contributed by atoms with E-state index in [0.717, 1.165) is 23.4 Å². The normalized spacial score (nSPS) is 12.1. The first-order valence-corrected chi connectivity index (χ1v) is 9.31. The second kappa shape index (κ2) is 8.43. The molecule has 7 heteroatoms. The van der Waals surface area contributed by atoms with E-state index in [-0.39, 0.29) is 29.0 Å². The fourth-order valence-corrected chi connectivity index (χ4v) is 3.00. The quantitative estimate of drug-likeness (QED) is 0.657. The van der Waals surface area contributed by atoms with E-state index in [9.17, 15) is 13.6 Å². The van der Waals surface area contributed by atoms with Gasteiger partial charge < -0.3 is 10.1 Å². The van der Waals surface area contributed by atoms with Crippen molar-refractivity contribution in [2.24, 2.45) is 7.05 Å². The van der Waals surface area contributed by atoms with E-state index >= 15 is 0 Å². The van der Waals surface area contributed by atoms with Crippen molar-refractivity contribution in [2.45, 2.75) is 32.9 Å². The maximum absolute atomic E-state index is 14.2. The van der Waals surface area contributed by atoms with Gasteiger partial charge in [0.15, 0.2) is 0 Å². The maximum Gasteiger partial charge on any atom is 0.255 e. The molecule has 0 aliphatic heterocycles. The maximum atomic E-state index is 14.2. The number of rotatable bonds is 6. The van der Waals surface area contributed by atoms with Crippen LogP contribution in [0.5, 0.6) is 5.75 Å². The number of halogens is 2. The third kappa shape index (κ3) is 4.80. The minimum atomic E-state index is -0.772. The predicted octanol–water partition coefficient (Wildman–Crippen LogP) is 4.64. The van der Waals surface area contributed by atoms with Gasteiger partial charge >= 0.3 is 0 Å². The summed E-state index contributed by atoms with van der Waals surface area (Å²) in [6.45, 7) is 5.75. The molecule has 0 fully saturated rings. The monoisotopic (exact) mass is 399 g/mol. The van der Waals surface area contributed by atoms with Crippen molar-refractivity contribution in [1.29, 1.82) is 0 Å². The smallest absolute Gasteiger partial charge is 0.255 e. The van der Waals surface area contributed by atoms with Gasteiger partial charge in [-0.1, -0.05) is 12.1 Å². The standard InChI is InChI=1S/C22H23F2N3O2/c1-13(2)29-17-8-5-15(6-9-17)14(3)25-22(28)19-12-27(4)26-21(19)18-10-7-16(23)11-20(18)24/h5-14H,1-4H3,(H,25,28). The van der Waals surface area contributed by atoms with E-state index in [2.05, 4.69) is 10.4 Å². The van der Waals surface area contributed by atoms with Gasteiger partial charge in [0, 0.05) is 24.9 Å². The van der Waals surface area contributed by atoms with Gasteiger partial charge in [0.1, 0.15) is 23.1 Å². The number of nitrogens with one attached hydrogen (secondary N) is 1. The minimum Gasteiger partial charge on any atom is -0.491 e. The van der Waals surface area contributed by atoms with Gasteiger partial charge in [0.2, 0.25) is 0 Å². The first-order valence-electron chi connectivity index (χ1n) is 9.31. The number of benzene rings is 2. The molecule has 5 nitrogen and oxygen atoms in total. The van der Waals surface area contributed by atoms with Gasteiger partial charge in [-0.15, -0.1) is 0 Å². The van der Waals surface area contributed by atoms with Crippen molar-refractivity contribution in [3.63, 3.8) is 0 Å². The molecular formula is C22H23F2N3O2. The Morgan fingerprint density at radius 1 is 1.10 bits per heavy atom. The molecule has 0 spiro atoms. The van der Waals surface area contributed by atoms with Gasteiger partial charge in [-0.3, -0.25) is 9.48 Å². The fraction of sp³-hybridized carbons (Fsp3) is 0.273. The van der Waals surface area contributed by atoms with Crippen LogP contribution in [-0.2, 0) is 7.05 Å². The number of carbonyl (C=O) groups is 1. The molecule has 152 valence electrons. The van der Waals surface area contributed by atoms with Crippen LogP contribution in [0, 0.1) is 11.6 Å². The van der Waals surface area contributed by atoms with Crippen molar-refractivity contribution in [3.8, 4) is 17.0 Å². The molecule has 2 aromatic carbocycles. The molecule has 0 aliphatic rings. The van der Waals surface area contributed by atoms with Gasteiger partial charge in [-0.2, -0.15) is 5.10 Å². The van der Waals surface area contributed by atoms with E-state index in [1.54, 1.807) is 7.05 Å². The summed E-state index contributed by atoms with van der Waals surface area (Å²) in [5, 5.41) is 7.09. The summed E-state index contributed by atoms with van der Waals surface area (Å²) in [7, 11) is 1.64. The zero-order valence-corrected chi connectivity index (χ0v) is 16.7. The number of hydrogen-bond donors (Lipinski definition) is 1. The molecule has 0 saturated heterocycles. The molecule has 1 heterocycles. The largest absolute Gasteiger partial charge is 0.491 e. The molecule has 1 N–H and O–H groups in total. The molecular weight excluding hydrogens is 376 g/mol. The number of amides is 1. The van der Waals surface area contributed by atoms with E-state index in [1.165, 1.54) is 16.9 Å². The average Bonchev–Trinajstić information content (AvgIpc) is 3.03. The predicted molar refractivity (Wildman–Crippen MR) is 107 cm³/mol. The lowest BCUT2D eigenvalue weighted by atomic mass is 10.1. The van der Waals surface area contributed by atoms with Crippen LogP contribution in [-0.4, -0.2) is 21.8 Å². The SMILES string of the molecule is CC(C)Oc1ccc(C(C)NC(=O)c2cn(C)nc2-c2ccc(F)cc2F)cc1. The fourth-order valence-electron chi connectivity index (χ4n) is 3.00. The summed E-state index contributed by atoms with van der Waals surface area (Å²) in [5.41, 5.74) is 1.34. The summed E-state index contributed by atoms with van der Waals surface area (Å²) in [6.07, 6.45) is 1.59. The zero-order valence-electron chi connectivity index (χ0n) is 16.7. The Morgan fingerprint density at radius 2 is 1.79 bits per heavy atom. The van der Waals surface area contributed by atoms with Crippen molar-refractivity contribution >= 4 is 5.91 Å². The van der Waals surface area contributed by atoms with E-state index in [4.69, 9.17) is 4.74 Å². The Morgan fingerprint density at radius 3 is 2.41 bits per heavy atom. The van der Waals surface area contributed by atoms with E-state index in [1.807, 2.05) is 45.0 Å². The minimum absolute atomic E-state index is 0.0694. The summed E-state index contributed by atoms with van der Waals surface area (Å²) in [5.74, 6) is -1.10. The Labute approximate surface area is 168 Å². The van der Waals surface area contributed by atoms with E-state index in [0.29, 0.717) is 0 Å². The average molecular weight is 399 g/mol. The van der Waals surface area contributed by atoms with Gasteiger partial charge in [-0.25, -0.2) is 8.78 Å². The van der Waals surface area contributed by atoms with Crippen LogP contribution < -0.4 is 10.1 Å². The summed E-state index contributed by atoms with van der Waals surface area (Å²) >= 11 is 0. The van der Waals surface area contributed by atoms with Crippen LogP contribution in [0.3, 0.4) is 0 Å². The van der Waals surface area contributed by atoms with Crippen LogP contribution in [0.15, 0.2) is 48.7 Å². The number of hydrogen-bond acceptors (Lipinski definition) is 3. The Hall–Kier alpha value is -3.22. The lowest BCUT2D eigenvalue weighted by molar-refractivity contribution is 0.0940. The van der Waals surface area contributed by atoms with E-state index < -0.39 is 17.5 Å². The van der Waals surface area contributed by atoms with Gasteiger partial charge in [-0.05, 0) is 50.6 Å². The molecule has 3 rings (SSSR count). The molecule has 0 radical (unpaired) electrons. The van der Waals surface area contributed by atoms with Crippen molar-refractivity contribution in [1.82, 2.24) is 15.1 Å². The van der Waals surface area contributed by atoms with Crippen LogP contribution in [0.2, 0.25) is 0 Å². The lowest BCUT2D eigenvalue weighted by Crippen LogP contribution is -2.26. The van der Waals surface area contributed by atoms with Crippen molar-refractivity contribution in [3.05, 3.63) is 71.4 Å².